The van der Waals surface area contributed by atoms with Gasteiger partial charge in [0.1, 0.15) is 17.2 Å². The average molecular weight is 429 g/mol. The van der Waals surface area contributed by atoms with Crippen LogP contribution in [0.4, 0.5) is 0 Å². The number of aromatic hydroxyl groups is 1. The molecule has 0 saturated carbocycles. The molecular formula is C25H32O6. The number of benzene rings is 2. The number of phenolic OH excluding ortho intramolecular Hbond substituents is 1. The summed E-state index contributed by atoms with van der Waals surface area (Å²) in [6, 6.07) is 8.20. The number of ketones is 1. The van der Waals surface area contributed by atoms with Crippen molar-refractivity contribution in [3.05, 3.63) is 52.6 Å². The van der Waals surface area contributed by atoms with Crippen LogP contribution in [0.5, 0.6) is 17.2 Å². The first-order valence-corrected chi connectivity index (χ1v) is 10.3. The lowest BCUT2D eigenvalue weighted by molar-refractivity contribution is 0.0695. The van der Waals surface area contributed by atoms with Gasteiger partial charge in [-0.2, -0.15) is 0 Å². The van der Waals surface area contributed by atoms with Crippen LogP contribution in [0, 0.1) is 25.2 Å². The Labute approximate surface area is 183 Å². The normalized spacial score (nSPS) is 12.3. The highest BCUT2D eigenvalue weighted by Crippen LogP contribution is 2.33. The van der Waals surface area contributed by atoms with Crippen molar-refractivity contribution in [2.24, 2.45) is 11.3 Å². The molecule has 0 saturated heterocycles. The minimum atomic E-state index is -0.962. The number of aryl methyl sites for hydroxylation is 1. The maximum absolute atomic E-state index is 12.5. The molecule has 6 heteroatoms. The predicted molar refractivity (Wildman–Crippen MR) is 120 cm³/mol. The van der Waals surface area contributed by atoms with Crippen molar-refractivity contribution in [2.75, 3.05) is 13.2 Å². The molecule has 168 valence electrons. The molecule has 2 aromatic carbocycles. The lowest BCUT2D eigenvalue weighted by atomic mass is 9.87. The molecule has 1 atom stereocenters. The summed E-state index contributed by atoms with van der Waals surface area (Å²) in [7, 11) is 0. The molecule has 6 nitrogen and oxygen atoms in total. The molecule has 31 heavy (non-hydrogen) atoms. The van der Waals surface area contributed by atoms with Crippen LogP contribution < -0.4 is 9.47 Å². The van der Waals surface area contributed by atoms with E-state index in [-0.39, 0.29) is 28.4 Å². The van der Waals surface area contributed by atoms with Crippen molar-refractivity contribution in [1.82, 2.24) is 0 Å². The zero-order valence-corrected chi connectivity index (χ0v) is 19.1. The minimum absolute atomic E-state index is 0.0374. The molecule has 0 heterocycles. The Morgan fingerprint density at radius 1 is 1.00 bits per heavy atom. The number of Topliss-reactive ketones (excluding diaryl/α,β-unsaturated/α-hetero) is 1. The molecule has 0 spiro atoms. The van der Waals surface area contributed by atoms with E-state index in [4.69, 9.17) is 14.6 Å². The number of hydrogen-bond donors (Lipinski definition) is 2. The summed E-state index contributed by atoms with van der Waals surface area (Å²) in [5.74, 6) is 0.0808. The Morgan fingerprint density at radius 3 is 2.19 bits per heavy atom. The van der Waals surface area contributed by atoms with Gasteiger partial charge in [0.25, 0.3) is 0 Å². The van der Waals surface area contributed by atoms with Crippen molar-refractivity contribution >= 4 is 11.8 Å². The van der Waals surface area contributed by atoms with Gasteiger partial charge in [0.2, 0.25) is 0 Å². The zero-order valence-electron chi connectivity index (χ0n) is 19.1. The zero-order chi connectivity index (χ0) is 23.3. The van der Waals surface area contributed by atoms with E-state index in [0.717, 1.165) is 0 Å². The SMILES string of the molecule is Cc1cc(OC[C@H](C)COc2ccc(C(=O)CC(C)(C)C)c(O)c2C)ccc1C(=O)O. The Hall–Kier alpha value is -3.02. The lowest BCUT2D eigenvalue weighted by Crippen LogP contribution is -2.17. The number of ether oxygens (including phenoxy) is 2. The van der Waals surface area contributed by atoms with E-state index in [0.29, 0.717) is 47.8 Å². The van der Waals surface area contributed by atoms with Crippen LogP contribution in [-0.4, -0.2) is 35.2 Å². The van der Waals surface area contributed by atoms with Crippen LogP contribution >= 0.6 is 0 Å². The molecule has 0 fully saturated rings. The molecule has 0 amide bonds. The molecule has 0 unspecified atom stereocenters. The summed E-state index contributed by atoms with van der Waals surface area (Å²) in [6.07, 6.45) is 0.349. The van der Waals surface area contributed by atoms with Gasteiger partial charge in [0, 0.05) is 17.9 Å². The van der Waals surface area contributed by atoms with E-state index < -0.39 is 5.97 Å². The molecule has 0 aliphatic carbocycles. The molecule has 2 aromatic rings. The van der Waals surface area contributed by atoms with Crippen LogP contribution in [0.3, 0.4) is 0 Å². The highest BCUT2D eigenvalue weighted by atomic mass is 16.5. The quantitative estimate of drug-likeness (QED) is 0.518. The van der Waals surface area contributed by atoms with E-state index in [9.17, 15) is 14.7 Å². The Kier molecular flexibility index (Phi) is 7.71. The first-order chi connectivity index (χ1) is 14.4. The van der Waals surface area contributed by atoms with E-state index >= 15 is 0 Å². The number of carbonyl (C=O) groups excluding carboxylic acids is 1. The van der Waals surface area contributed by atoms with Crippen LogP contribution in [0.25, 0.3) is 0 Å². The van der Waals surface area contributed by atoms with Crippen molar-refractivity contribution in [1.29, 1.82) is 0 Å². The third kappa shape index (κ3) is 6.74. The van der Waals surface area contributed by atoms with Gasteiger partial charge in [0.05, 0.1) is 24.3 Å². The second-order valence-corrected chi connectivity index (χ2v) is 9.25. The van der Waals surface area contributed by atoms with Crippen molar-refractivity contribution < 1.29 is 29.3 Å². The molecule has 0 aliphatic heterocycles. The maximum atomic E-state index is 12.5. The van der Waals surface area contributed by atoms with Gasteiger partial charge in [-0.1, -0.05) is 27.7 Å². The minimum Gasteiger partial charge on any atom is -0.507 e. The molecule has 2 N–H and O–H groups in total. The Bertz CT molecular complexity index is 955. The van der Waals surface area contributed by atoms with Crippen molar-refractivity contribution in [2.45, 2.75) is 48.0 Å². The summed E-state index contributed by atoms with van der Waals surface area (Å²) in [6.45, 7) is 12.1. The van der Waals surface area contributed by atoms with Crippen LogP contribution in [0.15, 0.2) is 30.3 Å². The summed E-state index contributed by atoms with van der Waals surface area (Å²) < 4.78 is 11.6. The van der Waals surface area contributed by atoms with Gasteiger partial charge >= 0.3 is 5.97 Å². The van der Waals surface area contributed by atoms with E-state index in [1.165, 1.54) is 6.07 Å². The van der Waals surface area contributed by atoms with Crippen LogP contribution in [-0.2, 0) is 0 Å². The number of rotatable bonds is 9. The molecule has 0 radical (unpaired) electrons. The summed E-state index contributed by atoms with van der Waals surface area (Å²) >= 11 is 0. The number of aromatic carboxylic acids is 1. The second kappa shape index (κ2) is 9.86. The van der Waals surface area contributed by atoms with Crippen molar-refractivity contribution in [3.63, 3.8) is 0 Å². The standard InChI is InChI=1S/C25H32O6/c1-15(13-30-18-7-8-19(24(28)29)16(2)11-18)14-31-22-10-9-20(23(27)17(22)3)21(26)12-25(4,5)6/h7-11,15,27H,12-14H2,1-6H3,(H,28,29)/t15-/m0/s1. The van der Waals surface area contributed by atoms with Gasteiger partial charge in [-0.15, -0.1) is 0 Å². The summed E-state index contributed by atoms with van der Waals surface area (Å²) in [4.78, 5) is 23.6. The first-order valence-electron chi connectivity index (χ1n) is 10.3. The smallest absolute Gasteiger partial charge is 0.335 e. The molecule has 0 aromatic heterocycles. The highest BCUT2D eigenvalue weighted by Gasteiger charge is 2.22. The fourth-order valence-corrected chi connectivity index (χ4v) is 3.12. The Morgan fingerprint density at radius 2 is 1.61 bits per heavy atom. The van der Waals surface area contributed by atoms with Gasteiger partial charge in [0.15, 0.2) is 5.78 Å². The van der Waals surface area contributed by atoms with Gasteiger partial charge in [-0.25, -0.2) is 4.79 Å². The average Bonchev–Trinajstić information content (AvgIpc) is 2.65. The number of carboxylic acids is 1. The van der Waals surface area contributed by atoms with E-state index in [1.54, 1.807) is 38.1 Å². The van der Waals surface area contributed by atoms with Gasteiger partial charge in [-0.3, -0.25) is 4.79 Å². The predicted octanol–water partition coefficient (Wildman–Crippen LogP) is 5.42. The van der Waals surface area contributed by atoms with E-state index in [2.05, 4.69) is 0 Å². The van der Waals surface area contributed by atoms with Gasteiger partial charge < -0.3 is 19.7 Å². The highest BCUT2D eigenvalue weighted by molar-refractivity contribution is 5.99. The van der Waals surface area contributed by atoms with E-state index in [1.807, 2.05) is 27.7 Å². The van der Waals surface area contributed by atoms with Gasteiger partial charge in [-0.05, 0) is 55.2 Å². The molecular weight excluding hydrogens is 396 g/mol. The molecule has 0 bridgehead atoms. The third-order valence-corrected chi connectivity index (χ3v) is 4.86. The lowest BCUT2D eigenvalue weighted by Gasteiger charge is -2.19. The Balaban J connectivity index is 1.95. The van der Waals surface area contributed by atoms with Crippen molar-refractivity contribution in [3.8, 4) is 17.2 Å². The summed E-state index contributed by atoms with van der Waals surface area (Å²) in [5.41, 5.74) is 1.59. The second-order valence-electron chi connectivity index (χ2n) is 9.25. The number of carboxylic acid groups (broad SMARTS) is 1. The van der Waals surface area contributed by atoms with Crippen LogP contribution in [0.1, 0.15) is 66.0 Å². The summed E-state index contributed by atoms with van der Waals surface area (Å²) in [5, 5.41) is 19.6. The number of hydrogen-bond acceptors (Lipinski definition) is 5. The number of carbonyl (C=O) groups is 2. The largest absolute Gasteiger partial charge is 0.507 e. The fraction of sp³-hybridized carbons (Fsp3) is 0.440. The fourth-order valence-electron chi connectivity index (χ4n) is 3.12. The third-order valence-electron chi connectivity index (χ3n) is 4.86. The maximum Gasteiger partial charge on any atom is 0.335 e. The topological polar surface area (TPSA) is 93.1 Å². The monoisotopic (exact) mass is 428 g/mol. The number of phenols is 1. The molecule has 2 rings (SSSR count). The van der Waals surface area contributed by atoms with Crippen LogP contribution in [0.2, 0.25) is 0 Å². The first kappa shape index (κ1) is 24.3. The molecule has 0 aliphatic rings.